The number of amides is 1. The minimum Gasteiger partial charge on any atom is -0.497 e. The normalized spacial score (nSPS) is 20.2. The van der Waals surface area contributed by atoms with Crippen LogP contribution < -0.4 is 4.74 Å². The Morgan fingerprint density at radius 3 is 2.65 bits per heavy atom. The predicted octanol–water partition coefficient (Wildman–Crippen LogP) is 2.16. The number of methoxy groups -OCH3 is 1. The van der Waals surface area contributed by atoms with Crippen molar-refractivity contribution in [2.24, 2.45) is 0 Å². The molecule has 1 aliphatic heterocycles. The van der Waals surface area contributed by atoms with Crippen molar-refractivity contribution in [3.8, 4) is 5.75 Å². The summed E-state index contributed by atoms with van der Waals surface area (Å²) in [5.41, 5.74) is 1.35. The second-order valence-electron chi connectivity index (χ2n) is 6.52. The van der Waals surface area contributed by atoms with E-state index >= 15 is 0 Å². The Morgan fingerprint density at radius 2 is 1.96 bits per heavy atom. The van der Waals surface area contributed by atoms with E-state index in [1.165, 1.54) is 6.26 Å². The molecule has 1 fully saturated rings. The number of nitrogens with zero attached hydrogens (tertiary/aromatic N) is 1. The molecular weight excluding hydrogens is 338 g/mol. The Balaban J connectivity index is 1.55. The van der Waals surface area contributed by atoms with Gasteiger partial charge in [0.2, 0.25) is 0 Å². The van der Waals surface area contributed by atoms with E-state index in [0.29, 0.717) is 30.0 Å². The number of fused-ring (bicyclic) bond motifs is 1. The zero-order valence-electron chi connectivity index (χ0n) is 15.2. The lowest BCUT2D eigenvalue weighted by Crippen LogP contribution is -2.49. The first-order valence-corrected chi connectivity index (χ1v) is 8.59. The molecule has 0 saturated carbocycles. The van der Waals surface area contributed by atoms with Crippen LogP contribution in [0.25, 0.3) is 11.0 Å². The summed E-state index contributed by atoms with van der Waals surface area (Å²) in [4.78, 5) is 26.0. The van der Waals surface area contributed by atoms with Gasteiger partial charge < -0.3 is 23.5 Å². The van der Waals surface area contributed by atoms with Crippen LogP contribution in [0.2, 0.25) is 0 Å². The van der Waals surface area contributed by atoms with Crippen LogP contribution in [0.5, 0.6) is 5.75 Å². The quantitative estimate of drug-likeness (QED) is 0.760. The summed E-state index contributed by atoms with van der Waals surface area (Å²) in [6.45, 7) is 4.59. The first kappa shape index (κ1) is 18.3. The molecule has 0 unspecified atom stereocenters. The predicted molar refractivity (Wildman–Crippen MR) is 94.0 cm³/mol. The topological polar surface area (TPSA) is 78.2 Å². The summed E-state index contributed by atoms with van der Waals surface area (Å²) in [6, 6.07) is 5.40. The summed E-state index contributed by atoms with van der Waals surface area (Å²) in [5.74, 6) is 0.00824. The molecule has 0 N–H and O–H groups in total. The third-order valence-electron chi connectivity index (χ3n) is 4.33. The Labute approximate surface area is 151 Å². The fourth-order valence-electron chi connectivity index (χ4n) is 3.15. The first-order valence-electron chi connectivity index (χ1n) is 8.59. The Hall–Kier alpha value is -2.54. The molecule has 7 nitrogen and oxygen atoms in total. The maximum absolute atomic E-state index is 12.2. The highest BCUT2D eigenvalue weighted by molar-refractivity contribution is 5.87. The van der Waals surface area contributed by atoms with Crippen molar-refractivity contribution in [3.63, 3.8) is 0 Å². The van der Waals surface area contributed by atoms with Gasteiger partial charge in [0.05, 0.1) is 32.0 Å². The molecule has 1 amide bonds. The van der Waals surface area contributed by atoms with E-state index in [9.17, 15) is 9.59 Å². The number of carbonyl (C=O) groups is 2. The molecule has 0 radical (unpaired) electrons. The van der Waals surface area contributed by atoms with Crippen molar-refractivity contribution in [3.05, 3.63) is 30.0 Å². The molecule has 26 heavy (non-hydrogen) atoms. The lowest BCUT2D eigenvalue weighted by molar-refractivity contribution is -0.156. The van der Waals surface area contributed by atoms with Crippen LogP contribution >= 0.6 is 0 Å². The van der Waals surface area contributed by atoms with Gasteiger partial charge in [-0.1, -0.05) is 0 Å². The third-order valence-corrected chi connectivity index (χ3v) is 4.33. The number of benzene rings is 1. The molecule has 7 heteroatoms. The van der Waals surface area contributed by atoms with Gasteiger partial charge in [-0.05, 0) is 26.0 Å². The molecular formula is C19H23NO6. The van der Waals surface area contributed by atoms with Crippen LogP contribution in [0.1, 0.15) is 19.4 Å². The van der Waals surface area contributed by atoms with Crippen molar-refractivity contribution in [1.29, 1.82) is 0 Å². The lowest BCUT2D eigenvalue weighted by atomic mass is 10.1. The van der Waals surface area contributed by atoms with Gasteiger partial charge in [-0.15, -0.1) is 0 Å². The number of furan rings is 1. The van der Waals surface area contributed by atoms with E-state index in [0.717, 1.165) is 5.39 Å². The summed E-state index contributed by atoms with van der Waals surface area (Å²) in [5, 5.41) is 0.824. The lowest BCUT2D eigenvalue weighted by Gasteiger charge is -2.35. The highest BCUT2D eigenvalue weighted by Crippen LogP contribution is 2.26. The highest BCUT2D eigenvalue weighted by atomic mass is 16.5. The van der Waals surface area contributed by atoms with Gasteiger partial charge in [0.25, 0.3) is 5.91 Å². The van der Waals surface area contributed by atoms with Crippen LogP contribution in [0.3, 0.4) is 0 Å². The van der Waals surface area contributed by atoms with Gasteiger partial charge in [0.1, 0.15) is 11.3 Å². The number of hydrogen-bond acceptors (Lipinski definition) is 6. The second-order valence-corrected chi connectivity index (χ2v) is 6.52. The summed E-state index contributed by atoms with van der Waals surface area (Å²) < 4.78 is 21.4. The smallest absolute Gasteiger partial charge is 0.310 e. The number of morpholine rings is 1. The fourth-order valence-corrected chi connectivity index (χ4v) is 3.15. The maximum atomic E-state index is 12.2. The molecule has 3 rings (SSSR count). The number of rotatable bonds is 5. The van der Waals surface area contributed by atoms with Crippen LogP contribution in [-0.4, -0.2) is 55.8 Å². The van der Waals surface area contributed by atoms with E-state index < -0.39 is 5.97 Å². The van der Waals surface area contributed by atoms with Crippen molar-refractivity contribution >= 4 is 22.8 Å². The molecule has 1 aromatic carbocycles. The Bertz CT molecular complexity index is 788. The zero-order chi connectivity index (χ0) is 18.7. The molecule has 1 aliphatic rings. The molecule has 2 atom stereocenters. The van der Waals surface area contributed by atoms with Crippen LogP contribution in [0.15, 0.2) is 28.9 Å². The first-order chi connectivity index (χ1) is 12.5. The summed E-state index contributed by atoms with van der Waals surface area (Å²) >= 11 is 0. The SMILES string of the molecule is COc1ccc2c(CC(=O)OCC(=O)N3C[C@H](C)O[C@@H](C)C3)coc2c1. The number of carbonyl (C=O) groups excluding carboxylic acids is 2. The van der Waals surface area contributed by atoms with Crippen LogP contribution in [0, 0.1) is 0 Å². The van der Waals surface area contributed by atoms with Gasteiger partial charge in [-0.2, -0.15) is 0 Å². The average Bonchev–Trinajstić information content (AvgIpc) is 3.00. The van der Waals surface area contributed by atoms with Gasteiger partial charge in [-0.3, -0.25) is 9.59 Å². The summed E-state index contributed by atoms with van der Waals surface area (Å²) in [7, 11) is 1.58. The Morgan fingerprint density at radius 1 is 1.23 bits per heavy atom. The standard InChI is InChI=1S/C19H23NO6/c1-12-8-20(9-13(2)26-12)18(21)11-25-19(22)6-14-10-24-17-7-15(23-3)4-5-16(14)17/h4-5,7,10,12-13H,6,8-9,11H2,1-3H3/t12-,13-/m0/s1. The van der Waals surface area contributed by atoms with Crippen molar-refractivity contribution in [2.45, 2.75) is 32.5 Å². The van der Waals surface area contributed by atoms with Crippen molar-refractivity contribution < 1.29 is 28.2 Å². The van der Waals surface area contributed by atoms with E-state index in [-0.39, 0.29) is 31.1 Å². The maximum Gasteiger partial charge on any atom is 0.310 e. The van der Waals surface area contributed by atoms with E-state index in [2.05, 4.69) is 0 Å². The number of esters is 1. The molecule has 2 aromatic rings. The largest absolute Gasteiger partial charge is 0.497 e. The monoisotopic (exact) mass is 361 g/mol. The van der Waals surface area contributed by atoms with Gasteiger partial charge in [0.15, 0.2) is 6.61 Å². The molecule has 1 aromatic heterocycles. The van der Waals surface area contributed by atoms with E-state index in [1.807, 2.05) is 19.9 Å². The molecule has 1 saturated heterocycles. The highest BCUT2D eigenvalue weighted by Gasteiger charge is 2.26. The van der Waals surface area contributed by atoms with Gasteiger partial charge >= 0.3 is 5.97 Å². The average molecular weight is 361 g/mol. The summed E-state index contributed by atoms with van der Waals surface area (Å²) in [6.07, 6.45) is 1.53. The molecule has 2 heterocycles. The number of ether oxygens (including phenoxy) is 3. The molecule has 0 bridgehead atoms. The van der Waals surface area contributed by atoms with Crippen LogP contribution in [-0.2, 0) is 25.5 Å². The van der Waals surface area contributed by atoms with Crippen LogP contribution in [0.4, 0.5) is 0 Å². The fraction of sp³-hybridized carbons (Fsp3) is 0.474. The van der Waals surface area contributed by atoms with Crippen molar-refractivity contribution in [1.82, 2.24) is 4.90 Å². The van der Waals surface area contributed by atoms with Crippen molar-refractivity contribution in [2.75, 3.05) is 26.8 Å². The number of hydrogen-bond donors (Lipinski definition) is 0. The molecule has 0 spiro atoms. The molecule has 140 valence electrons. The minimum atomic E-state index is -0.466. The second kappa shape index (κ2) is 7.78. The minimum absolute atomic E-state index is 0.0207. The van der Waals surface area contributed by atoms with E-state index in [1.54, 1.807) is 24.1 Å². The Kier molecular flexibility index (Phi) is 5.46. The zero-order valence-corrected chi connectivity index (χ0v) is 15.2. The van der Waals surface area contributed by atoms with Gasteiger partial charge in [0, 0.05) is 30.1 Å². The third kappa shape index (κ3) is 4.16. The van der Waals surface area contributed by atoms with E-state index in [4.69, 9.17) is 18.6 Å². The van der Waals surface area contributed by atoms with Gasteiger partial charge in [-0.25, -0.2) is 0 Å². The molecule has 0 aliphatic carbocycles.